The molecule has 1 fully saturated rings. The molecule has 1 aromatic rings. The summed E-state index contributed by atoms with van der Waals surface area (Å²) in [4.78, 5) is 42.4. The van der Waals surface area contributed by atoms with E-state index in [1.54, 1.807) is 24.3 Å². The number of likely N-dealkylation sites (tertiary alicyclic amines) is 1. The van der Waals surface area contributed by atoms with E-state index in [4.69, 9.17) is 0 Å². The van der Waals surface area contributed by atoms with Gasteiger partial charge in [0, 0.05) is 12.1 Å². The zero-order valence-corrected chi connectivity index (χ0v) is 15.2. The smallest absolute Gasteiger partial charge is 0.262 e. The van der Waals surface area contributed by atoms with Crippen LogP contribution < -0.4 is 0 Å². The Bertz CT molecular complexity index is 842. The van der Waals surface area contributed by atoms with E-state index in [2.05, 4.69) is 0 Å². The number of carbonyl (C=O) groups excluding carboxylic acids is 3. The number of rotatable bonds is 1. The van der Waals surface area contributed by atoms with Crippen molar-refractivity contribution in [1.29, 1.82) is 0 Å². The fraction of sp³-hybridized carbons (Fsp3) is 0.381. The average Bonchev–Trinajstić information content (AvgIpc) is 3.05. The van der Waals surface area contributed by atoms with Crippen LogP contribution in [0.2, 0.25) is 0 Å². The second kappa shape index (κ2) is 5.40. The van der Waals surface area contributed by atoms with Gasteiger partial charge < -0.3 is 4.90 Å². The molecule has 0 bridgehead atoms. The zero-order valence-electron chi connectivity index (χ0n) is 15.2. The monoisotopic (exact) mass is 350 g/mol. The number of hydrogen-bond donors (Lipinski definition) is 0. The first-order chi connectivity index (χ1) is 12.3. The van der Waals surface area contributed by atoms with Gasteiger partial charge in [-0.3, -0.25) is 19.3 Å². The fourth-order valence-electron chi connectivity index (χ4n) is 4.27. The third-order valence-corrected chi connectivity index (χ3v) is 5.63. The Morgan fingerprint density at radius 3 is 2.15 bits per heavy atom. The highest BCUT2D eigenvalue weighted by molar-refractivity contribution is 6.22. The molecule has 1 aromatic carbocycles. The first kappa shape index (κ1) is 16.8. The summed E-state index contributed by atoms with van der Waals surface area (Å²) < 4.78 is 0. The molecule has 0 aromatic heterocycles. The summed E-state index contributed by atoms with van der Waals surface area (Å²) in [7, 11) is 0. The Hall–Kier alpha value is -2.69. The van der Waals surface area contributed by atoms with E-state index in [1.807, 2.05) is 50.0 Å². The molecule has 1 spiro atoms. The molecular weight excluding hydrogens is 328 g/mol. The number of nitrogens with zero attached hydrogens (tertiary/aromatic N) is 2. The van der Waals surface area contributed by atoms with Crippen molar-refractivity contribution in [1.82, 2.24) is 9.80 Å². The van der Waals surface area contributed by atoms with Crippen LogP contribution in [0.15, 0.2) is 48.6 Å². The standard InChI is InChI=1S/C21H22N2O3/c1-20(2,3)22-13-12-21(19(22)26)11-7-6-10-16(21)23-17(24)14-8-4-5-9-15(14)18(23)25/h4-11,16H,12-13H2,1-3H3. The molecule has 2 aliphatic heterocycles. The Kier molecular flexibility index (Phi) is 3.48. The summed E-state index contributed by atoms with van der Waals surface area (Å²) >= 11 is 0. The van der Waals surface area contributed by atoms with E-state index in [0.717, 1.165) is 0 Å². The quantitative estimate of drug-likeness (QED) is 0.732. The van der Waals surface area contributed by atoms with Crippen LogP contribution in [0, 0.1) is 5.41 Å². The van der Waals surface area contributed by atoms with Crippen molar-refractivity contribution < 1.29 is 14.4 Å². The van der Waals surface area contributed by atoms with Gasteiger partial charge in [0.1, 0.15) is 0 Å². The lowest BCUT2D eigenvalue weighted by Gasteiger charge is -2.40. The average molecular weight is 350 g/mol. The van der Waals surface area contributed by atoms with Crippen LogP contribution in [0.3, 0.4) is 0 Å². The number of fused-ring (bicyclic) bond motifs is 1. The molecule has 134 valence electrons. The van der Waals surface area contributed by atoms with Gasteiger partial charge >= 0.3 is 0 Å². The number of allylic oxidation sites excluding steroid dienone is 2. The van der Waals surface area contributed by atoms with Gasteiger partial charge in [-0.1, -0.05) is 36.4 Å². The molecule has 1 saturated heterocycles. The third-order valence-electron chi connectivity index (χ3n) is 5.63. The molecule has 3 amide bonds. The lowest BCUT2D eigenvalue weighted by atomic mass is 9.75. The van der Waals surface area contributed by atoms with Gasteiger partial charge in [0.15, 0.2) is 0 Å². The van der Waals surface area contributed by atoms with Gasteiger partial charge in [-0.05, 0) is 39.3 Å². The minimum Gasteiger partial charge on any atom is -0.337 e. The third kappa shape index (κ3) is 2.13. The predicted octanol–water partition coefficient (Wildman–Crippen LogP) is 2.79. The van der Waals surface area contributed by atoms with Crippen LogP contribution in [-0.2, 0) is 4.79 Å². The normalized spacial score (nSPS) is 27.8. The summed E-state index contributed by atoms with van der Waals surface area (Å²) in [5.41, 5.74) is -0.361. The van der Waals surface area contributed by atoms with E-state index in [-0.39, 0.29) is 23.3 Å². The molecule has 2 heterocycles. The van der Waals surface area contributed by atoms with Crippen molar-refractivity contribution in [3.8, 4) is 0 Å². The number of imide groups is 1. The molecule has 26 heavy (non-hydrogen) atoms. The van der Waals surface area contributed by atoms with Crippen molar-refractivity contribution in [3.05, 3.63) is 59.7 Å². The highest BCUT2D eigenvalue weighted by atomic mass is 16.2. The lowest BCUT2D eigenvalue weighted by molar-refractivity contribution is -0.139. The first-order valence-electron chi connectivity index (χ1n) is 8.92. The summed E-state index contributed by atoms with van der Waals surface area (Å²) in [6, 6.07) is 6.24. The Morgan fingerprint density at radius 1 is 1.00 bits per heavy atom. The second-order valence-corrected chi connectivity index (χ2v) is 8.13. The van der Waals surface area contributed by atoms with Gasteiger partial charge in [-0.15, -0.1) is 0 Å². The molecule has 0 saturated carbocycles. The minimum atomic E-state index is -0.880. The summed E-state index contributed by atoms with van der Waals surface area (Å²) in [5, 5.41) is 0. The highest BCUT2D eigenvalue weighted by Gasteiger charge is 2.57. The van der Waals surface area contributed by atoms with E-state index in [1.165, 1.54) is 4.90 Å². The summed E-state index contributed by atoms with van der Waals surface area (Å²) in [5.74, 6) is -0.666. The zero-order chi connectivity index (χ0) is 18.7. The van der Waals surface area contributed by atoms with Crippen LogP contribution >= 0.6 is 0 Å². The number of hydrogen-bond acceptors (Lipinski definition) is 3. The van der Waals surface area contributed by atoms with Crippen molar-refractivity contribution in [3.63, 3.8) is 0 Å². The van der Waals surface area contributed by atoms with E-state index in [0.29, 0.717) is 24.1 Å². The maximum atomic E-state index is 13.4. The molecule has 4 rings (SSSR count). The minimum absolute atomic E-state index is 0.0212. The molecular formula is C21H22N2O3. The molecule has 5 heteroatoms. The maximum Gasteiger partial charge on any atom is 0.262 e. The van der Waals surface area contributed by atoms with Crippen LogP contribution in [0.25, 0.3) is 0 Å². The second-order valence-electron chi connectivity index (χ2n) is 8.13. The Labute approximate surface area is 153 Å². The number of amides is 3. The molecule has 1 aliphatic carbocycles. The largest absolute Gasteiger partial charge is 0.337 e. The molecule has 2 unspecified atom stereocenters. The first-order valence-corrected chi connectivity index (χ1v) is 8.92. The Morgan fingerprint density at radius 2 is 1.62 bits per heavy atom. The van der Waals surface area contributed by atoms with E-state index >= 15 is 0 Å². The highest BCUT2D eigenvalue weighted by Crippen LogP contribution is 2.45. The number of carbonyl (C=O) groups is 3. The van der Waals surface area contributed by atoms with Gasteiger partial charge in [0.2, 0.25) is 5.91 Å². The lowest BCUT2D eigenvalue weighted by Crippen LogP contribution is -2.54. The molecule has 3 aliphatic rings. The predicted molar refractivity (Wildman–Crippen MR) is 97.5 cm³/mol. The number of benzene rings is 1. The maximum absolute atomic E-state index is 13.4. The van der Waals surface area contributed by atoms with Crippen molar-refractivity contribution in [2.45, 2.75) is 38.8 Å². The van der Waals surface area contributed by atoms with Crippen LogP contribution in [0.5, 0.6) is 0 Å². The van der Waals surface area contributed by atoms with Gasteiger partial charge in [-0.25, -0.2) is 0 Å². The summed E-state index contributed by atoms with van der Waals surface area (Å²) in [6.45, 7) is 6.62. The van der Waals surface area contributed by atoms with E-state index in [9.17, 15) is 14.4 Å². The van der Waals surface area contributed by atoms with Crippen molar-refractivity contribution in [2.75, 3.05) is 6.54 Å². The van der Waals surface area contributed by atoms with Crippen LogP contribution in [0.1, 0.15) is 47.9 Å². The van der Waals surface area contributed by atoms with Crippen LogP contribution in [-0.4, -0.2) is 45.6 Å². The van der Waals surface area contributed by atoms with Gasteiger partial charge in [0.25, 0.3) is 11.8 Å². The topological polar surface area (TPSA) is 57.7 Å². The molecule has 0 N–H and O–H groups in total. The molecule has 5 nitrogen and oxygen atoms in total. The van der Waals surface area contributed by atoms with Gasteiger partial charge in [-0.2, -0.15) is 0 Å². The van der Waals surface area contributed by atoms with Gasteiger partial charge in [0.05, 0.1) is 22.6 Å². The van der Waals surface area contributed by atoms with Crippen molar-refractivity contribution >= 4 is 17.7 Å². The molecule has 2 atom stereocenters. The van der Waals surface area contributed by atoms with E-state index < -0.39 is 11.5 Å². The fourth-order valence-corrected chi connectivity index (χ4v) is 4.27. The van der Waals surface area contributed by atoms with Crippen molar-refractivity contribution in [2.24, 2.45) is 5.41 Å². The SMILES string of the molecule is CC(C)(C)N1CCC2(C=CC=CC2N2C(=O)c3ccccc3C2=O)C1=O. The molecule has 0 radical (unpaired) electrons. The Balaban J connectivity index is 1.77. The van der Waals surface area contributed by atoms with Crippen LogP contribution in [0.4, 0.5) is 0 Å². The summed E-state index contributed by atoms with van der Waals surface area (Å²) in [6.07, 6.45) is 7.92.